The Labute approximate surface area is 242 Å². The maximum absolute atomic E-state index is 14.3. The molecule has 5 rings (SSSR count). The van der Waals surface area contributed by atoms with Crippen LogP contribution in [0.3, 0.4) is 0 Å². The van der Waals surface area contributed by atoms with E-state index in [9.17, 15) is 9.59 Å². The Bertz CT molecular complexity index is 1290. The molecular formula is C33H39ClN4O2. The maximum Gasteiger partial charge on any atom is 0.245 e. The van der Waals surface area contributed by atoms with Gasteiger partial charge in [0.1, 0.15) is 6.04 Å². The van der Waals surface area contributed by atoms with E-state index in [2.05, 4.69) is 64.8 Å². The third-order valence-electron chi connectivity index (χ3n) is 8.34. The summed E-state index contributed by atoms with van der Waals surface area (Å²) >= 11 is 6.24. The fraction of sp³-hybridized carbons (Fsp3) is 0.394. The van der Waals surface area contributed by atoms with Crippen LogP contribution in [0.25, 0.3) is 0 Å². The molecule has 0 radical (unpaired) electrons. The van der Waals surface area contributed by atoms with Crippen LogP contribution in [0, 0.1) is 0 Å². The van der Waals surface area contributed by atoms with Gasteiger partial charge in [0.15, 0.2) is 0 Å². The van der Waals surface area contributed by atoms with Gasteiger partial charge >= 0.3 is 0 Å². The summed E-state index contributed by atoms with van der Waals surface area (Å²) in [5, 5.41) is 3.55. The molecule has 2 aliphatic heterocycles. The first kappa shape index (κ1) is 28.3. The normalized spacial score (nSPS) is 22.7. The lowest BCUT2D eigenvalue weighted by Gasteiger charge is -2.32. The number of nitrogens with zero attached hydrogens (tertiary/aromatic N) is 2. The molecule has 0 spiro atoms. The highest BCUT2D eigenvalue weighted by Crippen LogP contribution is 2.35. The van der Waals surface area contributed by atoms with Crippen molar-refractivity contribution in [3.63, 3.8) is 0 Å². The van der Waals surface area contributed by atoms with Crippen molar-refractivity contribution in [2.75, 3.05) is 26.2 Å². The fourth-order valence-electron chi connectivity index (χ4n) is 6.22. The number of hydrogen-bond donors (Lipinski definition) is 2. The van der Waals surface area contributed by atoms with Crippen LogP contribution in [0.5, 0.6) is 0 Å². The molecule has 6 nitrogen and oxygen atoms in total. The van der Waals surface area contributed by atoms with Gasteiger partial charge < -0.3 is 20.9 Å². The Hall–Kier alpha value is -3.19. The van der Waals surface area contributed by atoms with Crippen molar-refractivity contribution in [1.29, 1.82) is 0 Å². The van der Waals surface area contributed by atoms with Gasteiger partial charge in [-0.25, -0.2) is 0 Å². The second-order valence-electron chi connectivity index (χ2n) is 11.3. The lowest BCUT2D eigenvalue weighted by atomic mass is 9.96. The van der Waals surface area contributed by atoms with Crippen molar-refractivity contribution < 1.29 is 9.59 Å². The second kappa shape index (κ2) is 13.0. The van der Waals surface area contributed by atoms with Gasteiger partial charge in [0.05, 0.1) is 6.04 Å². The number of rotatable bonds is 9. The third kappa shape index (κ3) is 6.92. The molecule has 5 atom stereocenters. The molecule has 210 valence electrons. The number of carbonyl (C=O) groups excluding carboxylic acids is 2. The number of benzene rings is 3. The molecular weight excluding hydrogens is 520 g/mol. The topological polar surface area (TPSA) is 78.7 Å². The molecule has 5 unspecified atom stereocenters. The minimum absolute atomic E-state index is 0.0568. The summed E-state index contributed by atoms with van der Waals surface area (Å²) in [4.78, 5) is 31.5. The predicted octanol–water partition coefficient (Wildman–Crippen LogP) is 4.59. The van der Waals surface area contributed by atoms with Crippen LogP contribution in [0.1, 0.15) is 48.3 Å². The van der Waals surface area contributed by atoms with E-state index < -0.39 is 12.1 Å². The molecule has 2 amide bonds. The Balaban J connectivity index is 1.37. The lowest BCUT2D eigenvalue weighted by molar-refractivity contribution is -0.137. The Morgan fingerprint density at radius 1 is 0.950 bits per heavy atom. The largest absolute Gasteiger partial charge is 0.343 e. The van der Waals surface area contributed by atoms with E-state index >= 15 is 0 Å². The van der Waals surface area contributed by atoms with E-state index in [0.717, 1.165) is 38.0 Å². The molecule has 3 aromatic rings. The van der Waals surface area contributed by atoms with Crippen LogP contribution in [-0.2, 0) is 16.0 Å². The van der Waals surface area contributed by atoms with Crippen LogP contribution in [-0.4, -0.2) is 65.9 Å². The van der Waals surface area contributed by atoms with E-state index in [0.29, 0.717) is 23.9 Å². The van der Waals surface area contributed by atoms with Crippen molar-refractivity contribution in [2.45, 2.75) is 56.1 Å². The molecule has 40 heavy (non-hydrogen) atoms. The molecule has 2 fully saturated rings. The summed E-state index contributed by atoms with van der Waals surface area (Å²) in [6, 6.07) is 27.2. The number of nitrogens with one attached hydrogen (secondary N) is 1. The van der Waals surface area contributed by atoms with Gasteiger partial charge in [-0.1, -0.05) is 84.4 Å². The minimum atomic E-state index is -0.718. The highest BCUT2D eigenvalue weighted by Gasteiger charge is 2.40. The summed E-state index contributed by atoms with van der Waals surface area (Å²) < 4.78 is 0. The Kier molecular flexibility index (Phi) is 9.20. The Morgan fingerprint density at radius 2 is 1.62 bits per heavy atom. The highest BCUT2D eigenvalue weighted by molar-refractivity contribution is 6.30. The van der Waals surface area contributed by atoms with Crippen molar-refractivity contribution >= 4 is 23.4 Å². The van der Waals surface area contributed by atoms with E-state index in [1.165, 1.54) is 11.1 Å². The first-order valence-electron chi connectivity index (χ1n) is 14.3. The molecule has 3 N–H and O–H groups in total. The second-order valence-corrected chi connectivity index (χ2v) is 11.8. The molecule has 0 aromatic heterocycles. The van der Waals surface area contributed by atoms with E-state index in [1.54, 1.807) is 6.92 Å². The molecule has 0 aliphatic carbocycles. The number of likely N-dealkylation sites (tertiary alicyclic amines) is 2. The number of carbonyl (C=O) groups is 2. The average Bonchev–Trinajstić information content (AvgIpc) is 3.61. The number of hydrogen-bond acceptors (Lipinski definition) is 4. The van der Waals surface area contributed by atoms with E-state index in [4.69, 9.17) is 17.3 Å². The molecule has 2 aliphatic rings. The highest BCUT2D eigenvalue weighted by atomic mass is 35.5. The predicted molar refractivity (Wildman–Crippen MR) is 160 cm³/mol. The van der Waals surface area contributed by atoms with Crippen molar-refractivity contribution in [1.82, 2.24) is 15.1 Å². The standard InChI is InChI=1S/C33H39ClN4O2/c1-23(35)32(39)36-31(18-24-9-8-14-29(34)17-24)33(40)38-21-28(26-12-6-3-7-13-26)19-30(38)22-37-16-15-27(20-37)25-10-4-2-5-11-25/h2-14,17,23,27-28,30-31H,15-16,18-22,35H2,1H3,(H,36,39). The van der Waals surface area contributed by atoms with Crippen molar-refractivity contribution in [2.24, 2.45) is 5.73 Å². The van der Waals surface area contributed by atoms with Gasteiger partial charge in [-0.3, -0.25) is 9.59 Å². The quantitative estimate of drug-likeness (QED) is 0.403. The van der Waals surface area contributed by atoms with Crippen LogP contribution < -0.4 is 11.1 Å². The van der Waals surface area contributed by atoms with E-state index in [1.807, 2.05) is 35.2 Å². The van der Waals surface area contributed by atoms with Crippen LogP contribution in [0.4, 0.5) is 0 Å². The molecule has 0 bridgehead atoms. The zero-order chi connectivity index (χ0) is 28.1. The van der Waals surface area contributed by atoms with Crippen molar-refractivity contribution in [3.05, 3.63) is 107 Å². The van der Waals surface area contributed by atoms with E-state index in [-0.39, 0.29) is 23.8 Å². The molecule has 3 aromatic carbocycles. The lowest BCUT2D eigenvalue weighted by Crippen LogP contribution is -2.55. The minimum Gasteiger partial charge on any atom is -0.343 e. The summed E-state index contributed by atoms with van der Waals surface area (Å²) in [6.45, 7) is 5.09. The van der Waals surface area contributed by atoms with Gasteiger partial charge in [0, 0.05) is 43.0 Å². The summed E-state index contributed by atoms with van der Waals surface area (Å²) in [5.74, 6) is 0.369. The van der Waals surface area contributed by atoms with Gasteiger partial charge in [-0.2, -0.15) is 0 Å². The van der Waals surface area contributed by atoms with Gasteiger partial charge in [-0.05, 0) is 61.1 Å². The summed E-state index contributed by atoms with van der Waals surface area (Å²) in [7, 11) is 0. The smallest absolute Gasteiger partial charge is 0.245 e. The zero-order valence-electron chi connectivity index (χ0n) is 23.1. The average molecular weight is 559 g/mol. The molecule has 2 saturated heterocycles. The summed E-state index contributed by atoms with van der Waals surface area (Å²) in [6.07, 6.45) is 2.37. The first-order chi connectivity index (χ1) is 19.4. The molecule has 7 heteroatoms. The monoisotopic (exact) mass is 558 g/mol. The van der Waals surface area contributed by atoms with Gasteiger partial charge in [-0.15, -0.1) is 0 Å². The number of nitrogens with two attached hydrogens (primary N) is 1. The maximum atomic E-state index is 14.3. The first-order valence-corrected chi connectivity index (χ1v) is 14.7. The van der Waals surface area contributed by atoms with Crippen LogP contribution in [0.15, 0.2) is 84.9 Å². The molecule has 2 heterocycles. The fourth-order valence-corrected chi connectivity index (χ4v) is 6.44. The van der Waals surface area contributed by atoms with Crippen LogP contribution in [0.2, 0.25) is 5.02 Å². The number of amides is 2. The van der Waals surface area contributed by atoms with Gasteiger partial charge in [0.25, 0.3) is 0 Å². The number of halogens is 1. The molecule has 0 saturated carbocycles. The third-order valence-corrected chi connectivity index (χ3v) is 8.57. The Morgan fingerprint density at radius 3 is 2.27 bits per heavy atom. The SMILES string of the molecule is CC(N)C(=O)NC(Cc1cccc(Cl)c1)C(=O)N1CC(c2ccccc2)CC1CN1CCC(c2ccccc2)C1. The van der Waals surface area contributed by atoms with Crippen LogP contribution >= 0.6 is 11.6 Å². The summed E-state index contributed by atoms with van der Waals surface area (Å²) in [5.41, 5.74) is 9.41. The van der Waals surface area contributed by atoms with Crippen molar-refractivity contribution in [3.8, 4) is 0 Å². The zero-order valence-corrected chi connectivity index (χ0v) is 23.8. The van der Waals surface area contributed by atoms with Gasteiger partial charge in [0.2, 0.25) is 11.8 Å².